The number of aromatic nitrogens is 2. The van der Waals surface area contributed by atoms with Gasteiger partial charge in [-0.05, 0) is 18.6 Å². The molecule has 6 nitrogen and oxygen atoms in total. The zero-order valence-electron chi connectivity index (χ0n) is 13.4. The molecule has 124 valence electrons. The van der Waals surface area contributed by atoms with Gasteiger partial charge in [-0.25, -0.2) is 4.79 Å². The number of fused-ring (bicyclic) bond motifs is 1. The third-order valence-corrected chi connectivity index (χ3v) is 4.31. The molecular weight excluding hydrogens is 308 g/mol. The first-order chi connectivity index (χ1) is 11.5. The van der Waals surface area contributed by atoms with E-state index in [9.17, 15) is 14.4 Å². The Morgan fingerprint density at radius 3 is 2.79 bits per heavy atom. The lowest BCUT2D eigenvalue weighted by Crippen LogP contribution is -2.34. The van der Waals surface area contributed by atoms with E-state index in [1.807, 2.05) is 6.07 Å². The normalized spacial score (nSPS) is 17.8. The van der Waals surface area contributed by atoms with Crippen molar-refractivity contribution < 1.29 is 14.7 Å². The van der Waals surface area contributed by atoms with Crippen LogP contribution in [0.25, 0.3) is 11.0 Å². The predicted molar refractivity (Wildman–Crippen MR) is 88.7 cm³/mol. The lowest BCUT2D eigenvalue weighted by Gasteiger charge is -2.21. The number of Topliss-reactive ketones (excluding diaryl/α,β-unsaturated/α-hetero) is 2. The summed E-state index contributed by atoms with van der Waals surface area (Å²) in [6.07, 6.45) is 0.921. The topological polar surface area (TPSA) is 81.3 Å². The van der Waals surface area contributed by atoms with Crippen LogP contribution in [0, 0.1) is 11.8 Å². The average molecular weight is 326 g/mol. The molecule has 1 aliphatic rings. The molecule has 1 unspecified atom stereocenters. The largest absolute Gasteiger partial charge is 0.395 e. The van der Waals surface area contributed by atoms with Gasteiger partial charge in [-0.3, -0.25) is 18.7 Å². The summed E-state index contributed by atoms with van der Waals surface area (Å²) >= 11 is 0. The van der Waals surface area contributed by atoms with Crippen LogP contribution in [0.5, 0.6) is 0 Å². The quantitative estimate of drug-likeness (QED) is 0.658. The number of imidazole rings is 1. The zero-order valence-corrected chi connectivity index (χ0v) is 13.4. The van der Waals surface area contributed by atoms with E-state index in [1.165, 1.54) is 9.13 Å². The second-order valence-electron chi connectivity index (χ2n) is 5.90. The van der Waals surface area contributed by atoms with Crippen molar-refractivity contribution in [1.29, 1.82) is 0 Å². The molecule has 1 heterocycles. The van der Waals surface area contributed by atoms with Gasteiger partial charge in [-0.15, -0.1) is 0 Å². The molecule has 1 atom stereocenters. The smallest absolute Gasteiger partial charge is 0.329 e. The molecular formula is C18H18N2O4. The number of hydrogen-bond acceptors (Lipinski definition) is 4. The molecule has 1 saturated carbocycles. The summed E-state index contributed by atoms with van der Waals surface area (Å²) in [5.41, 5.74) is 1.70. The van der Waals surface area contributed by atoms with Crippen LogP contribution >= 0.6 is 0 Å². The van der Waals surface area contributed by atoms with Crippen LogP contribution in [0.3, 0.4) is 0 Å². The molecule has 1 aromatic carbocycles. The number of ketones is 2. The molecule has 1 fully saturated rings. The van der Waals surface area contributed by atoms with Crippen molar-refractivity contribution in [2.24, 2.45) is 7.05 Å². The summed E-state index contributed by atoms with van der Waals surface area (Å²) in [6.45, 7) is -0.0203. The third-order valence-electron chi connectivity index (χ3n) is 4.31. The third kappa shape index (κ3) is 2.68. The van der Waals surface area contributed by atoms with Crippen LogP contribution in [0.15, 0.2) is 23.0 Å². The molecule has 2 aromatic rings. The fourth-order valence-corrected chi connectivity index (χ4v) is 3.19. The first-order valence-corrected chi connectivity index (χ1v) is 7.88. The number of rotatable bonds is 2. The van der Waals surface area contributed by atoms with Crippen LogP contribution in [0.1, 0.15) is 37.3 Å². The van der Waals surface area contributed by atoms with Gasteiger partial charge >= 0.3 is 5.69 Å². The molecule has 0 radical (unpaired) electrons. The van der Waals surface area contributed by atoms with E-state index in [2.05, 4.69) is 11.8 Å². The molecule has 0 bridgehead atoms. The number of para-hydroxylation sites is 1. The van der Waals surface area contributed by atoms with Crippen molar-refractivity contribution in [3.05, 3.63) is 34.2 Å². The Morgan fingerprint density at radius 2 is 2.08 bits per heavy atom. The molecule has 3 rings (SSSR count). The minimum atomic E-state index is -0.598. The van der Waals surface area contributed by atoms with Crippen LogP contribution in [-0.2, 0) is 16.6 Å². The summed E-state index contributed by atoms with van der Waals surface area (Å²) in [7, 11) is 1.65. The SMILES string of the molecule is Cn1c(=O)n(C2CCC(=O)CC2=O)c2cccc(C#CCCO)c21. The van der Waals surface area contributed by atoms with E-state index in [0.717, 1.165) is 0 Å². The van der Waals surface area contributed by atoms with Crippen molar-refractivity contribution in [3.63, 3.8) is 0 Å². The van der Waals surface area contributed by atoms with Crippen LogP contribution in [-0.4, -0.2) is 32.4 Å². The molecule has 0 spiro atoms. The highest BCUT2D eigenvalue weighted by atomic mass is 16.2. The summed E-state index contributed by atoms with van der Waals surface area (Å²) in [5.74, 6) is 5.55. The van der Waals surface area contributed by atoms with Gasteiger partial charge in [0, 0.05) is 19.9 Å². The maximum Gasteiger partial charge on any atom is 0.329 e. The Kier molecular flexibility index (Phi) is 4.36. The van der Waals surface area contributed by atoms with Gasteiger partial charge in [-0.1, -0.05) is 17.9 Å². The Morgan fingerprint density at radius 1 is 1.29 bits per heavy atom. The van der Waals surface area contributed by atoms with E-state index in [1.54, 1.807) is 19.2 Å². The fourth-order valence-electron chi connectivity index (χ4n) is 3.19. The molecule has 1 N–H and O–H groups in total. The number of nitrogens with zero attached hydrogens (tertiary/aromatic N) is 2. The van der Waals surface area contributed by atoms with E-state index >= 15 is 0 Å². The standard InChI is InChI=1S/C18H18N2O4/c1-19-17-12(5-2-3-10-21)6-4-7-15(17)20(18(19)24)14-9-8-13(22)11-16(14)23/h4,6-7,14,21H,3,8-11H2,1H3. The highest BCUT2D eigenvalue weighted by molar-refractivity contribution is 6.03. The second kappa shape index (κ2) is 6.46. The zero-order chi connectivity index (χ0) is 17.3. The van der Waals surface area contributed by atoms with Gasteiger partial charge in [0.2, 0.25) is 0 Å². The Balaban J connectivity index is 2.17. The number of aryl methyl sites for hydroxylation is 1. The molecule has 0 amide bonds. The first-order valence-electron chi connectivity index (χ1n) is 7.88. The highest BCUT2D eigenvalue weighted by Crippen LogP contribution is 2.27. The number of benzene rings is 1. The van der Waals surface area contributed by atoms with Crippen molar-refractivity contribution in [1.82, 2.24) is 9.13 Å². The Hall–Kier alpha value is -2.65. The summed E-state index contributed by atoms with van der Waals surface area (Å²) in [6, 6.07) is 4.79. The second-order valence-corrected chi connectivity index (χ2v) is 5.90. The van der Waals surface area contributed by atoms with E-state index in [4.69, 9.17) is 5.11 Å². The molecule has 1 aliphatic carbocycles. The highest BCUT2D eigenvalue weighted by Gasteiger charge is 2.31. The lowest BCUT2D eigenvalue weighted by atomic mass is 9.92. The minimum absolute atomic E-state index is 0.0203. The molecule has 6 heteroatoms. The Bertz CT molecular complexity index is 940. The van der Waals surface area contributed by atoms with Crippen LogP contribution in [0.2, 0.25) is 0 Å². The lowest BCUT2D eigenvalue weighted by molar-refractivity contribution is -0.132. The van der Waals surface area contributed by atoms with Crippen molar-refractivity contribution in [3.8, 4) is 11.8 Å². The van der Waals surface area contributed by atoms with E-state index in [0.29, 0.717) is 35.9 Å². The summed E-state index contributed by atoms with van der Waals surface area (Å²) in [4.78, 5) is 36.4. The van der Waals surface area contributed by atoms with Crippen molar-refractivity contribution in [2.75, 3.05) is 6.61 Å². The number of aliphatic hydroxyl groups excluding tert-OH is 1. The average Bonchev–Trinajstić information content (AvgIpc) is 2.81. The van der Waals surface area contributed by atoms with Crippen LogP contribution < -0.4 is 5.69 Å². The van der Waals surface area contributed by atoms with E-state index < -0.39 is 6.04 Å². The fraction of sp³-hybridized carbons (Fsp3) is 0.389. The summed E-state index contributed by atoms with van der Waals surface area (Å²) in [5, 5.41) is 8.85. The molecule has 1 aromatic heterocycles. The maximum absolute atomic E-state index is 12.7. The van der Waals surface area contributed by atoms with Gasteiger partial charge in [-0.2, -0.15) is 0 Å². The molecule has 0 saturated heterocycles. The predicted octanol–water partition coefficient (Wildman–Crippen LogP) is 0.937. The number of aliphatic hydroxyl groups is 1. The van der Waals surface area contributed by atoms with Crippen LogP contribution in [0.4, 0.5) is 0 Å². The monoisotopic (exact) mass is 326 g/mol. The number of hydrogen-bond donors (Lipinski definition) is 1. The Labute approximate surface area is 138 Å². The van der Waals surface area contributed by atoms with Gasteiger partial charge in [0.25, 0.3) is 0 Å². The van der Waals surface area contributed by atoms with Gasteiger partial charge in [0.1, 0.15) is 5.78 Å². The van der Waals surface area contributed by atoms with Gasteiger partial charge < -0.3 is 5.11 Å². The number of carbonyl (C=O) groups is 2. The minimum Gasteiger partial charge on any atom is -0.395 e. The summed E-state index contributed by atoms with van der Waals surface area (Å²) < 4.78 is 2.98. The van der Waals surface area contributed by atoms with Gasteiger partial charge in [0.05, 0.1) is 35.7 Å². The van der Waals surface area contributed by atoms with Gasteiger partial charge in [0.15, 0.2) is 5.78 Å². The van der Waals surface area contributed by atoms with Crippen molar-refractivity contribution >= 4 is 22.6 Å². The number of carbonyl (C=O) groups excluding carboxylic acids is 2. The van der Waals surface area contributed by atoms with Crippen molar-refractivity contribution in [2.45, 2.75) is 31.7 Å². The maximum atomic E-state index is 12.7. The molecule has 24 heavy (non-hydrogen) atoms. The van der Waals surface area contributed by atoms with E-state index in [-0.39, 0.29) is 30.3 Å². The molecule has 0 aliphatic heterocycles. The first kappa shape index (κ1) is 16.2.